The first-order valence-corrected chi connectivity index (χ1v) is 5.92. The molecule has 3 atom stereocenters. The van der Waals surface area contributed by atoms with Gasteiger partial charge in [0.15, 0.2) is 0 Å². The summed E-state index contributed by atoms with van der Waals surface area (Å²) in [6.07, 6.45) is 8.43. The van der Waals surface area contributed by atoms with Gasteiger partial charge in [-0.15, -0.1) is 6.42 Å². The molecule has 4 nitrogen and oxygen atoms in total. The van der Waals surface area contributed by atoms with Gasteiger partial charge in [-0.05, 0) is 19.4 Å². The fourth-order valence-electron chi connectivity index (χ4n) is 3.14. The Hall–Kier alpha value is -1.60. The van der Waals surface area contributed by atoms with Crippen LogP contribution < -0.4 is 10.6 Å². The summed E-state index contributed by atoms with van der Waals surface area (Å²) in [4.78, 5) is 2.29. The van der Waals surface area contributed by atoms with Gasteiger partial charge in [-0.2, -0.15) is 10.2 Å². The molecule has 1 aliphatic carbocycles. The van der Waals surface area contributed by atoms with Crippen molar-refractivity contribution in [2.45, 2.75) is 19.4 Å². The third-order valence-electron chi connectivity index (χ3n) is 4.13. The van der Waals surface area contributed by atoms with E-state index < -0.39 is 0 Å². The van der Waals surface area contributed by atoms with E-state index in [9.17, 15) is 0 Å². The van der Waals surface area contributed by atoms with E-state index in [1.54, 1.807) is 6.20 Å². The maximum absolute atomic E-state index is 6.04. The number of nitrogens with two attached hydrogens (primary N) is 1. The zero-order chi connectivity index (χ0) is 12.0. The fraction of sp³-hybridized carbons (Fsp3) is 0.538. The van der Waals surface area contributed by atoms with Gasteiger partial charge in [0.25, 0.3) is 0 Å². The van der Waals surface area contributed by atoms with Crippen LogP contribution in [0, 0.1) is 30.6 Å². The van der Waals surface area contributed by atoms with E-state index in [1.165, 1.54) is 0 Å². The van der Waals surface area contributed by atoms with E-state index in [0.717, 1.165) is 30.9 Å². The summed E-state index contributed by atoms with van der Waals surface area (Å²) in [7, 11) is 0. The molecule has 4 heteroatoms. The van der Waals surface area contributed by atoms with Gasteiger partial charge in [0.2, 0.25) is 0 Å². The van der Waals surface area contributed by atoms with Crippen LogP contribution in [0.5, 0.6) is 0 Å². The molecule has 2 heterocycles. The molecule has 0 amide bonds. The van der Waals surface area contributed by atoms with E-state index in [4.69, 9.17) is 12.2 Å². The molecule has 0 bridgehead atoms. The van der Waals surface area contributed by atoms with Crippen molar-refractivity contribution in [2.75, 3.05) is 18.0 Å². The van der Waals surface area contributed by atoms with Gasteiger partial charge in [0.05, 0.1) is 23.0 Å². The van der Waals surface area contributed by atoms with Crippen molar-refractivity contribution in [2.24, 2.45) is 17.1 Å². The van der Waals surface area contributed by atoms with Crippen LogP contribution in [0.1, 0.15) is 12.1 Å². The molecule has 2 aliphatic rings. The molecular weight excluding hydrogens is 212 g/mol. The first kappa shape index (κ1) is 10.5. The number of nitrogens with zero attached hydrogens (tertiary/aromatic N) is 3. The molecule has 2 N–H and O–H groups in total. The summed E-state index contributed by atoms with van der Waals surface area (Å²) < 4.78 is 0. The number of aromatic nitrogens is 2. The number of hydrogen-bond donors (Lipinski definition) is 1. The molecule has 1 aromatic heterocycles. The zero-order valence-corrected chi connectivity index (χ0v) is 9.93. The van der Waals surface area contributed by atoms with E-state index >= 15 is 0 Å². The Kier molecular flexibility index (Phi) is 2.14. The van der Waals surface area contributed by atoms with Crippen molar-refractivity contribution in [3.63, 3.8) is 0 Å². The molecule has 0 spiro atoms. The van der Waals surface area contributed by atoms with Crippen LogP contribution in [0.25, 0.3) is 0 Å². The van der Waals surface area contributed by atoms with Crippen molar-refractivity contribution in [1.29, 1.82) is 0 Å². The SMILES string of the molecule is C#CC12CC(N)C1CN(c1cnnc(C)c1)C2. The molecule has 1 aliphatic heterocycles. The van der Waals surface area contributed by atoms with Gasteiger partial charge < -0.3 is 10.6 Å². The lowest BCUT2D eigenvalue weighted by Gasteiger charge is -2.45. The Labute approximate surface area is 101 Å². The van der Waals surface area contributed by atoms with E-state index in [0.29, 0.717) is 5.92 Å². The molecule has 88 valence electrons. The number of rotatable bonds is 1. The Morgan fingerprint density at radius 2 is 2.47 bits per heavy atom. The Bertz CT molecular complexity index is 492. The molecule has 3 rings (SSSR count). The maximum atomic E-state index is 6.04. The van der Waals surface area contributed by atoms with Gasteiger partial charge in [0.1, 0.15) is 0 Å². The quantitative estimate of drug-likeness (QED) is 0.714. The summed E-state index contributed by atoms with van der Waals surface area (Å²) in [6, 6.07) is 2.31. The highest BCUT2D eigenvalue weighted by molar-refractivity contribution is 5.49. The summed E-state index contributed by atoms with van der Waals surface area (Å²) in [6.45, 7) is 3.79. The van der Waals surface area contributed by atoms with Gasteiger partial charge in [0, 0.05) is 25.0 Å². The summed E-state index contributed by atoms with van der Waals surface area (Å²) >= 11 is 0. The third kappa shape index (κ3) is 1.43. The number of fused-ring (bicyclic) bond motifs is 1. The third-order valence-corrected chi connectivity index (χ3v) is 4.13. The van der Waals surface area contributed by atoms with Crippen LogP contribution in [0.2, 0.25) is 0 Å². The lowest BCUT2D eigenvalue weighted by atomic mass is 9.59. The highest BCUT2D eigenvalue weighted by Gasteiger charge is 2.56. The Morgan fingerprint density at radius 1 is 1.65 bits per heavy atom. The van der Waals surface area contributed by atoms with Crippen LogP contribution in [0.15, 0.2) is 12.3 Å². The maximum Gasteiger partial charge on any atom is 0.0730 e. The minimum absolute atomic E-state index is 0.00338. The van der Waals surface area contributed by atoms with E-state index in [-0.39, 0.29) is 11.5 Å². The molecule has 0 radical (unpaired) electrons. The predicted molar refractivity (Wildman–Crippen MR) is 66.3 cm³/mol. The average molecular weight is 228 g/mol. The van der Waals surface area contributed by atoms with Gasteiger partial charge in [-0.1, -0.05) is 5.92 Å². The van der Waals surface area contributed by atoms with Crippen molar-refractivity contribution in [3.8, 4) is 12.3 Å². The number of hydrogen-bond acceptors (Lipinski definition) is 4. The van der Waals surface area contributed by atoms with Crippen LogP contribution in [0.4, 0.5) is 5.69 Å². The standard InChI is InChI=1S/C13H16N4/c1-3-13-5-12(14)11(13)7-17(8-13)10-4-9(2)16-15-6-10/h1,4,6,11-12H,5,7-8,14H2,2H3. The van der Waals surface area contributed by atoms with E-state index in [1.807, 2.05) is 13.0 Å². The average Bonchev–Trinajstić information content (AvgIpc) is 2.62. The van der Waals surface area contributed by atoms with Gasteiger partial charge >= 0.3 is 0 Å². The first-order valence-electron chi connectivity index (χ1n) is 5.92. The van der Waals surface area contributed by atoms with Crippen molar-refractivity contribution in [1.82, 2.24) is 10.2 Å². The molecule has 0 aromatic carbocycles. The minimum atomic E-state index is -0.00338. The fourth-order valence-corrected chi connectivity index (χ4v) is 3.14. The topological polar surface area (TPSA) is 55.0 Å². The van der Waals surface area contributed by atoms with Crippen LogP contribution in [0.3, 0.4) is 0 Å². The monoisotopic (exact) mass is 228 g/mol. The Morgan fingerprint density at radius 3 is 3.06 bits per heavy atom. The van der Waals surface area contributed by atoms with Crippen LogP contribution in [-0.2, 0) is 0 Å². The largest absolute Gasteiger partial charge is 0.368 e. The van der Waals surface area contributed by atoms with Crippen LogP contribution in [-0.4, -0.2) is 29.3 Å². The number of aryl methyl sites for hydroxylation is 1. The highest BCUT2D eigenvalue weighted by Crippen LogP contribution is 2.51. The van der Waals surface area contributed by atoms with Gasteiger partial charge in [-0.3, -0.25) is 0 Å². The van der Waals surface area contributed by atoms with Crippen molar-refractivity contribution in [3.05, 3.63) is 18.0 Å². The summed E-state index contributed by atoms with van der Waals surface area (Å²) in [5, 5.41) is 7.97. The van der Waals surface area contributed by atoms with Crippen LogP contribution >= 0.6 is 0 Å². The first-order chi connectivity index (χ1) is 8.14. The summed E-state index contributed by atoms with van der Waals surface area (Å²) in [5.74, 6) is 3.40. The molecule has 1 saturated carbocycles. The second-order valence-electron chi connectivity index (χ2n) is 5.21. The van der Waals surface area contributed by atoms with Crippen molar-refractivity contribution < 1.29 is 0 Å². The van der Waals surface area contributed by atoms with E-state index in [2.05, 4.69) is 21.0 Å². The molecule has 17 heavy (non-hydrogen) atoms. The van der Waals surface area contributed by atoms with Gasteiger partial charge in [-0.25, -0.2) is 0 Å². The number of terminal acetylenes is 1. The normalized spacial score (nSPS) is 35.0. The molecule has 3 unspecified atom stereocenters. The zero-order valence-electron chi connectivity index (χ0n) is 9.93. The second kappa shape index (κ2) is 3.44. The molecular formula is C13H16N4. The molecule has 2 fully saturated rings. The lowest BCUT2D eigenvalue weighted by molar-refractivity contribution is 0.121. The van der Waals surface area contributed by atoms with Crippen molar-refractivity contribution >= 4 is 5.69 Å². The lowest BCUT2D eigenvalue weighted by Crippen LogP contribution is -2.54. The number of anilines is 1. The molecule has 1 saturated heterocycles. The smallest absolute Gasteiger partial charge is 0.0730 e. The predicted octanol–water partition coefficient (Wildman–Crippen LogP) is 0.572. The minimum Gasteiger partial charge on any atom is -0.368 e. The highest BCUT2D eigenvalue weighted by atomic mass is 15.2. The second-order valence-corrected chi connectivity index (χ2v) is 5.21. The molecule has 1 aromatic rings. The summed E-state index contributed by atoms with van der Waals surface area (Å²) in [5.41, 5.74) is 8.08. The Balaban J connectivity index is 1.87.